The van der Waals surface area contributed by atoms with Crippen molar-refractivity contribution < 1.29 is 4.39 Å². The molecule has 0 aliphatic heterocycles. The molecule has 0 spiro atoms. The molecule has 0 saturated carbocycles. The number of aromatic nitrogens is 2. The molecule has 2 aromatic rings. The maximum Gasteiger partial charge on any atom is 0.160 e. The fourth-order valence-electron chi connectivity index (χ4n) is 3.06. The lowest BCUT2D eigenvalue weighted by atomic mass is 10.1. The van der Waals surface area contributed by atoms with Gasteiger partial charge in [-0.15, -0.1) is 0 Å². The number of nitrogens with zero attached hydrogens (tertiary/aromatic N) is 6. The van der Waals surface area contributed by atoms with Crippen molar-refractivity contribution in [2.75, 3.05) is 20.1 Å². The standard InChI is InChI=1S/C25H31FN8/c1-19-12-20(7-11-31-19)15-30-16-21(14-28-3)17-33-25(34-18-29-4)23(26)13-22-6-5-9-32-24(22)8-10-27-2/h5-7,9,11-12,14,16,18,27,33H,3-4,8,10,13,15,17H2,1-2H3/b21-14+,25-23+,30-16?,34-18-. The molecule has 2 N–H and O–H groups in total. The van der Waals surface area contributed by atoms with Crippen LogP contribution >= 0.6 is 0 Å². The molecule has 0 aliphatic carbocycles. The van der Waals surface area contributed by atoms with Crippen molar-refractivity contribution in [3.63, 3.8) is 0 Å². The lowest BCUT2D eigenvalue weighted by Gasteiger charge is -2.11. The minimum Gasteiger partial charge on any atom is -0.364 e. The van der Waals surface area contributed by atoms with Crippen LogP contribution in [0.2, 0.25) is 0 Å². The summed E-state index contributed by atoms with van der Waals surface area (Å²) in [5.74, 6) is -0.377. The number of aryl methyl sites for hydroxylation is 1. The molecule has 8 nitrogen and oxygen atoms in total. The second-order valence-corrected chi connectivity index (χ2v) is 7.34. The molecule has 0 aromatic carbocycles. The maximum atomic E-state index is 15.2. The Morgan fingerprint density at radius 3 is 2.76 bits per heavy atom. The van der Waals surface area contributed by atoms with Crippen molar-refractivity contribution in [1.82, 2.24) is 20.6 Å². The van der Waals surface area contributed by atoms with E-state index in [1.807, 2.05) is 32.2 Å². The molecule has 2 heterocycles. The number of pyridine rings is 2. The maximum absolute atomic E-state index is 15.2. The van der Waals surface area contributed by atoms with E-state index in [2.05, 4.69) is 54.0 Å². The Kier molecular flexibility index (Phi) is 11.7. The second-order valence-electron chi connectivity index (χ2n) is 7.34. The van der Waals surface area contributed by atoms with Crippen LogP contribution in [0.4, 0.5) is 4.39 Å². The van der Waals surface area contributed by atoms with Crippen LogP contribution in [-0.2, 0) is 19.4 Å². The first-order chi connectivity index (χ1) is 16.6. The zero-order valence-electron chi connectivity index (χ0n) is 19.7. The van der Waals surface area contributed by atoms with Gasteiger partial charge in [0, 0.05) is 67.7 Å². The molecule has 0 radical (unpaired) electrons. The highest BCUT2D eigenvalue weighted by molar-refractivity contribution is 5.79. The third-order valence-corrected chi connectivity index (χ3v) is 4.68. The summed E-state index contributed by atoms with van der Waals surface area (Å²) in [5, 5.41) is 6.09. The monoisotopic (exact) mass is 462 g/mol. The van der Waals surface area contributed by atoms with E-state index in [4.69, 9.17) is 0 Å². The van der Waals surface area contributed by atoms with E-state index in [1.54, 1.807) is 30.9 Å². The molecular formula is C25H31FN8. The fraction of sp³-hybridized carbons (Fsp3) is 0.280. The lowest BCUT2D eigenvalue weighted by Crippen LogP contribution is -2.18. The van der Waals surface area contributed by atoms with E-state index in [1.165, 1.54) is 6.34 Å². The van der Waals surface area contributed by atoms with Crippen LogP contribution in [0.25, 0.3) is 0 Å². The molecule has 178 valence electrons. The first-order valence-corrected chi connectivity index (χ1v) is 10.8. The van der Waals surface area contributed by atoms with Gasteiger partial charge in [-0.2, -0.15) is 0 Å². The fourth-order valence-corrected chi connectivity index (χ4v) is 3.06. The van der Waals surface area contributed by atoms with Crippen molar-refractivity contribution in [3.8, 4) is 0 Å². The summed E-state index contributed by atoms with van der Waals surface area (Å²) in [5.41, 5.74) is 4.33. The van der Waals surface area contributed by atoms with Crippen molar-refractivity contribution in [3.05, 3.63) is 82.6 Å². The van der Waals surface area contributed by atoms with Crippen LogP contribution in [0, 0.1) is 6.92 Å². The van der Waals surface area contributed by atoms with Crippen LogP contribution in [0.3, 0.4) is 0 Å². The van der Waals surface area contributed by atoms with Gasteiger partial charge < -0.3 is 10.6 Å². The largest absolute Gasteiger partial charge is 0.364 e. The quantitative estimate of drug-likeness (QED) is 0.332. The van der Waals surface area contributed by atoms with E-state index in [0.717, 1.165) is 29.1 Å². The van der Waals surface area contributed by atoms with Crippen LogP contribution < -0.4 is 10.6 Å². The smallest absolute Gasteiger partial charge is 0.160 e. The predicted molar refractivity (Wildman–Crippen MR) is 139 cm³/mol. The van der Waals surface area contributed by atoms with Gasteiger partial charge in [-0.1, -0.05) is 6.07 Å². The molecule has 34 heavy (non-hydrogen) atoms. The van der Waals surface area contributed by atoms with E-state index in [9.17, 15) is 0 Å². The van der Waals surface area contributed by atoms with Gasteiger partial charge in [0.05, 0.1) is 6.54 Å². The summed E-state index contributed by atoms with van der Waals surface area (Å²) >= 11 is 0. The van der Waals surface area contributed by atoms with Crippen molar-refractivity contribution >= 4 is 26.0 Å². The highest BCUT2D eigenvalue weighted by Gasteiger charge is 2.11. The minimum atomic E-state index is -0.436. The zero-order chi connectivity index (χ0) is 24.6. The molecule has 0 bridgehead atoms. The second kappa shape index (κ2) is 15.1. The normalized spacial score (nSPS) is 12.7. The van der Waals surface area contributed by atoms with Gasteiger partial charge in [-0.05, 0) is 56.7 Å². The third kappa shape index (κ3) is 9.33. The Morgan fingerprint density at radius 1 is 1.18 bits per heavy atom. The van der Waals surface area contributed by atoms with E-state index >= 15 is 4.39 Å². The number of hydrogen-bond acceptors (Lipinski definition) is 7. The number of likely N-dealkylation sites (N-methyl/N-ethyl adjacent to an activating group) is 1. The molecule has 0 aliphatic rings. The third-order valence-electron chi connectivity index (χ3n) is 4.68. The van der Waals surface area contributed by atoms with Crippen LogP contribution in [-0.4, -0.2) is 56.1 Å². The number of rotatable bonds is 14. The summed E-state index contributed by atoms with van der Waals surface area (Å²) in [6, 6.07) is 7.55. The Bertz CT molecular complexity index is 1070. The molecule has 0 atom stereocenters. The van der Waals surface area contributed by atoms with Crippen molar-refractivity contribution in [2.24, 2.45) is 20.0 Å². The van der Waals surface area contributed by atoms with Gasteiger partial charge in [0.1, 0.15) is 12.2 Å². The van der Waals surface area contributed by atoms with E-state index in [-0.39, 0.29) is 18.8 Å². The SMILES string of the molecule is C=N/C=N\C(NC/C(C=NCc1ccnc(C)c1)=C/N=C)=C(\F)Cc1cccnc1CCNC. The molecule has 0 saturated heterocycles. The van der Waals surface area contributed by atoms with E-state index in [0.29, 0.717) is 18.5 Å². The summed E-state index contributed by atoms with van der Waals surface area (Å²) in [6.45, 7) is 10.3. The first kappa shape index (κ1) is 26.4. The zero-order valence-corrected chi connectivity index (χ0v) is 19.7. The molecule has 0 fully saturated rings. The number of nitrogens with one attached hydrogen (secondary N) is 2. The topological polar surface area (TPSA) is 99.3 Å². The van der Waals surface area contributed by atoms with Gasteiger partial charge in [0.15, 0.2) is 5.82 Å². The molecule has 2 aromatic heterocycles. The van der Waals surface area contributed by atoms with E-state index < -0.39 is 5.83 Å². The van der Waals surface area contributed by atoms with Crippen LogP contribution in [0.5, 0.6) is 0 Å². The number of hydrogen-bond donors (Lipinski definition) is 2. The number of aliphatic imine (C=N–C) groups is 4. The Hall–Kier alpha value is -3.85. The molecule has 0 amide bonds. The highest BCUT2D eigenvalue weighted by atomic mass is 19.1. The van der Waals surface area contributed by atoms with Gasteiger partial charge in [0.2, 0.25) is 0 Å². The Balaban J connectivity index is 2.14. The van der Waals surface area contributed by atoms with Crippen LogP contribution in [0.15, 0.2) is 80.0 Å². The van der Waals surface area contributed by atoms with Crippen molar-refractivity contribution in [1.29, 1.82) is 0 Å². The van der Waals surface area contributed by atoms with Crippen molar-refractivity contribution in [2.45, 2.75) is 26.3 Å². The molecule has 9 heteroatoms. The molecule has 2 rings (SSSR count). The molecule has 0 unspecified atom stereocenters. The Labute approximate surface area is 200 Å². The minimum absolute atomic E-state index is 0.0535. The number of allylic oxidation sites excluding steroid dienone is 1. The van der Waals surface area contributed by atoms with Gasteiger partial charge in [-0.3, -0.25) is 24.9 Å². The lowest BCUT2D eigenvalue weighted by molar-refractivity contribution is 0.579. The average molecular weight is 463 g/mol. The Morgan fingerprint density at radius 2 is 2.03 bits per heavy atom. The van der Waals surface area contributed by atoms with Gasteiger partial charge in [0.25, 0.3) is 0 Å². The average Bonchev–Trinajstić information content (AvgIpc) is 2.83. The summed E-state index contributed by atoms with van der Waals surface area (Å²) in [6.07, 6.45) is 8.66. The first-order valence-electron chi connectivity index (χ1n) is 10.8. The number of halogens is 1. The van der Waals surface area contributed by atoms with Crippen LogP contribution in [0.1, 0.15) is 22.5 Å². The van der Waals surface area contributed by atoms with Gasteiger partial charge >= 0.3 is 0 Å². The summed E-state index contributed by atoms with van der Waals surface area (Å²) < 4.78 is 15.2. The summed E-state index contributed by atoms with van der Waals surface area (Å²) in [7, 11) is 1.87. The van der Waals surface area contributed by atoms with Gasteiger partial charge in [-0.25, -0.2) is 9.38 Å². The predicted octanol–water partition coefficient (Wildman–Crippen LogP) is 3.40. The summed E-state index contributed by atoms with van der Waals surface area (Å²) in [4.78, 5) is 24.5. The highest BCUT2D eigenvalue weighted by Crippen LogP contribution is 2.16. The molecular weight excluding hydrogens is 431 g/mol.